The first-order chi connectivity index (χ1) is 13.3. The molecule has 3 aromatic rings. The first-order valence-electron chi connectivity index (χ1n) is 8.13. The van der Waals surface area contributed by atoms with Gasteiger partial charge in [-0.25, -0.2) is 18.6 Å². The third-order valence-corrected chi connectivity index (χ3v) is 5.26. The van der Waals surface area contributed by atoms with E-state index >= 15 is 0 Å². The summed E-state index contributed by atoms with van der Waals surface area (Å²) >= 11 is 12.6. The minimum atomic E-state index is -1.22. The van der Waals surface area contributed by atoms with Gasteiger partial charge in [0.25, 0.3) is 0 Å². The molecule has 1 aromatic heterocycles. The number of carboxylic acid groups (broad SMARTS) is 1. The average molecular weight is 422 g/mol. The van der Waals surface area contributed by atoms with Crippen molar-refractivity contribution in [3.05, 3.63) is 80.9 Å². The lowest BCUT2D eigenvalue weighted by Crippen LogP contribution is -2.14. The van der Waals surface area contributed by atoms with E-state index in [4.69, 9.17) is 23.2 Å². The molecule has 0 aliphatic carbocycles. The van der Waals surface area contributed by atoms with Crippen molar-refractivity contribution in [1.29, 1.82) is 0 Å². The maximum Gasteiger partial charge on any atom is 0.354 e. The van der Waals surface area contributed by atoms with Crippen molar-refractivity contribution in [2.45, 2.75) is 13.0 Å². The highest BCUT2D eigenvalue weighted by Gasteiger charge is 2.31. The summed E-state index contributed by atoms with van der Waals surface area (Å²) in [4.78, 5) is 20.3. The SMILES string of the molecule is C[C@@H]1N=C(c2c(F)cccc2F)c2c(ccc(Cl)c2Cl)-n2c(C(=O)O)cnc21. The van der Waals surface area contributed by atoms with E-state index < -0.39 is 23.6 Å². The number of rotatable bonds is 2. The normalized spacial score (nSPS) is 15.5. The van der Waals surface area contributed by atoms with Gasteiger partial charge in [-0.15, -0.1) is 0 Å². The molecule has 1 N–H and O–H groups in total. The zero-order valence-electron chi connectivity index (χ0n) is 14.3. The minimum absolute atomic E-state index is 0.00524. The number of aliphatic imine (C=N–C) groups is 1. The van der Waals surface area contributed by atoms with Crippen molar-refractivity contribution in [3.8, 4) is 5.69 Å². The van der Waals surface area contributed by atoms with Crippen LogP contribution < -0.4 is 0 Å². The molecule has 2 aromatic carbocycles. The number of benzene rings is 2. The van der Waals surface area contributed by atoms with E-state index in [0.717, 1.165) is 12.1 Å². The van der Waals surface area contributed by atoms with Crippen LogP contribution in [0.3, 0.4) is 0 Å². The Hall–Kier alpha value is -2.77. The molecule has 0 spiro atoms. The predicted octanol–water partition coefficient (Wildman–Crippen LogP) is 5.07. The van der Waals surface area contributed by atoms with Gasteiger partial charge < -0.3 is 5.11 Å². The molecular weight excluding hydrogens is 411 g/mol. The Morgan fingerprint density at radius 2 is 1.82 bits per heavy atom. The zero-order chi connectivity index (χ0) is 20.2. The Labute approximate surface area is 167 Å². The van der Waals surface area contributed by atoms with E-state index in [-0.39, 0.29) is 38.3 Å². The van der Waals surface area contributed by atoms with Crippen LogP contribution >= 0.6 is 23.2 Å². The number of halogens is 4. The molecule has 142 valence electrons. The fraction of sp³-hybridized carbons (Fsp3) is 0.105. The van der Waals surface area contributed by atoms with E-state index in [1.165, 1.54) is 29.0 Å². The van der Waals surface area contributed by atoms with Gasteiger partial charge in [-0.3, -0.25) is 9.56 Å². The van der Waals surface area contributed by atoms with Gasteiger partial charge in [0, 0.05) is 5.56 Å². The third kappa shape index (κ3) is 2.70. The first-order valence-corrected chi connectivity index (χ1v) is 8.88. The number of carboxylic acids is 1. The average Bonchev–Trinajstić information content (AvgIpc) is 3.03. The van der Waals surface area contributed by atoms with Crippen molar-refractivity contribution < 1.29 is 18.7 Å². The molecule has 2 heterocycles. The summed E-state index contributed by atoms with van der Waals surface area (Å²) in [5.74, 6) is -2.58. The first kappa shape index (κ1) is 18.6. The van der Waals surface area contributed by atoms with Gasteiger partial charge in [-0.2, -0.15) is 0 Å². The molecule has 0 bridgehead atoms. The number of carbonyl (C=O) groups is 1. The van der Waals surface area contributed by atoms with E-state index in [0.29, 0.717) is 5.82 Å². The van der Waals surface area contributed by atoms with Gasteiger partial charge >= 0.3 is 5.97 Å². The number of hydrogen-bond donors (Lipinski definition) is 1. The standard InChI is InChI=1S/C19H11Cl2F2N3O2/c1-8-18-24-7-13(19(27)28)26(18)12-6-5-9(20)16(21)15(12)17(25-8)14-10(22)3-2-4-11(14)23/h2-8H,1H3,(H,27,28)/t8-/m0/s1. The molecule has 0 fully saturated rings. The lowest BCUT2D eigenvalue weighted by molar-refractivity contribution is 0.0688. The third-order valence-electron chi connectivity index (χ3n) is 4.45. The van der Waals surface area contributed by atoms with E-state index in [1.54, 1.807) is 6.92 Å². The maximum atomic E-state index is 14.6. The molecule has 1 atom stereocenters. The molecule has 1 aliphatic rings. The monoisotopic (exact) mass is 421 g/mol. The summed E-state index contributed by atoms with van der Waals surface area (Å²) < 4.78 is 30.5. The van der Waals surface area contributed by atoms with Crippen molar-refractivity contribution in [2.75, 3.05) is 0 Å². The largest absolute Gasteiger partial charge is 0.477 e. The smallest absolute Gasteiger partial charge is 0.354 e. The lowest BCUT2D eigenvalue weighted by Gasteiger charge is -2.16. The molecule has 9 heteroatoms. The number of aromatic carboxylic acids is 1. The summed E-state index contributed by atoms with van der Waals surface area (Å²) in [6.45, 7) is 1.64. The van der Waals surface area contributed by atoms with Crippen molar-refractivity contribution >= 4 is 34.9 Å². The van der Waals surface area contributed by atoms with Gasteiger partial charge in [0.2, 0.25) is 0 Å². The van der Waals surface area contributed by atoms with Crippen LogP contribution in [-0.4, -0.2) is 26.3 Å². The minimum Gasteiger partial charge on any atom is -0.477 e. The van der Waals surface area contributed by atoms with E-state index in [2.05, 4.69) is 9.98 Å². The van der Waals surface area contributed by atoms with Gasteiger partial charge in [0.05, 0.1) is 33.2 Å². The summed E-state index contributed by atoms with van der Waals surface area (Å²) in [6, 6.07) is 5.75. The second-order valence-electron chi connectivity index (χ2n) is 6.15. The van der Waals surface area contributed by atoms with Gasteiger partial charge in [-0.1, -0.05) is 29.3 Å². The summed E-state index contributed by atoms with van der Waals surface area (Å²) in [6.07, 6.45) is 1.20. The fourth-order valence-electron chi connectivity index (χ4n) is 3.25. The number of nitrogens with zero attached hydrogens (tertiary/aromatic N) is 3. The second-order valence-corrected chi connectivity index (χ2v) is 6.93. The molecule has 0 unspecified atom stereocenters. The highest BCUT2D eigenvalue weighted by atomic mass is 35.5. The van der Waals surface area contributed by atoms with Gasteiger partial charge in [0.15, 0.2) is 5.69 Å². The maximum absolute atomic E-state index is 14.6. The molecule has 0 radical (unpaired) electrons. The van der Waals surface area contributed by atoms with Gasteiger partial charge in [0.1, 0.15) is 23.5 Å². The Bertz CT molecular complexity index is 1150. The van der Waals surface area contributed by atoms with Crippen LogP contribution in [0.4, 0.5) is 8.78 Å². The number of aromatic nitrogens is 2. The van der Waals surface area contributed by atoms with E-state index in [1.807, 2.05) is 0 Å². The van der Waals surface area contributed by atoms with Crippen molar-refractivity contribution in [2.24, 2.45) is 4.99 Å². The Balaban J connectivity index is 2.15. The second kappa shape index (κ2) is 6.68. The van der Waals surface area contributed by atoms with Crippen LogP contribution in [0.15, 0.2) is 41.5 Å². The fourth-order valence-corrected chi connectivity index (χ4v) is 3.65. The quantitative estimate of drug-likeness (QED) is 0.627. The van der Waals surface area contributed by atoms with Crippen LogP contribution in [0, 0.1) is 11.6 Å². The van der Waals surface area contributed by atoms with Crippen LogP contribution in [0.1, 0.15) is 40.4 Å². The zero-order valence-corrected chi connectivity index (χ0v) is 15.8. The predicted molar refractivity (Wildman–Crippen MR) is 101 cm³/mol. The molecule has 0 amide bonds. The molecule has 0 saturated carbocycles. The molecule has 0 saturated heterocycles. The number of fused-ring (bicyclic) bond motifs is 3. The highest BCUT2D eigenvalue weighted by molar-refractivity contribution is 6.45. The summed E-state index contributed by atoms with van der Waals surface area (Å²) in [7, 11) is 0. The van der Waals surface area contributed by atoms with Crippen LogP contribution in [0.2, 0.25) is 10.0 Å². The molecule has 28 heavy (non-hydrogen) atoms. The number of imidazole rings is 1. The molecule has 4 rings (SSSR count). The lowest BCUT2D eigenvalue weighted by atomic mass is 9.99. The molecular formula is C19H11Cl2F2N3O2. The topological polar surface area (TPSA) is 67.5 Å². The van der Waals surface area contributed by atoms with Crippen LogP contribution in [0.25, 0.3) is 5.69 Å². The van der Waals surface area contributed by atoms with Gasteiger partial charge in [-0.05, 0) is 31.2 Å². The molecule has 5 nitrogen and oxygen atoms in total. The summed E-state index contributed by atoms with van der Waals surface area (Å²) in [5.41, 5.74) is -0.170. The summed E-state index contributed by atoms with van der Waals surface area (Å²) in [5, 5.41) is 9.69. The van der Waals surface area contributed by atoms with Crippen molar-refractivity contribution in [3.63, 3.8) is 0 Å². The van der Waals surface area contributed by atoms with Crippen LogP contribution in [0.5, 0.6) is 0 Å². The number of hydrogen-bond acceptors (Lipinski definition) is 3. The Kier molecular flexibility index (Phi) is 4.44. The molecule has 1 aliphatic heterocycles. The Morgan fingerprint density at radius 3 is 2.46 bits per heavy atom. The van der Waals surface area contributed by atoms with Crippen molar-refractivity contribution in [1.82, 2.24) is 9.55 Å². The Morgan fingerprint density at radius 1 is 1.14 bits per heavy atom. The highest BCUT2D eigenvalue weighted by Crippen LogP contribution is 2.38. The van der Waals surface area contributed by atoms with Crippen LogP contribution in [-0.2, 0) is 0 Å². The van der Waals surface area contributed by atoms with E-state index in [9.17, 15) is 18.7 Å².